The number of nitriles is 1. The zero-order valence-corrected chi connectivity index (χ0v) is 17.4. The van der Waals surface area contributed by atoms with Crippen molar-refractivity contribution in [3.8, 4) is 6.07 Å². The molecule has 1 aliphatic heterocycles. The number of carbonyl (C=O) groups is 2. The number of para-hydroxylation sites is 1. The van der Waals surface area contributed by atoms with Gasteiger partial charge in [-0.05, 0) is 31.7 Å². The number of anilines is 1. The Labute approximate surface area is 177 Å². The fourth-order valence-electron chi connectivity index (χ4n) is 3.52. The Morgan fingerprint density at radius 2 is 1.70 bits per heavy atom. The monoisotopic (exact) mass is 405 g/mol. The van der Waals surface area contributed by atoms with Crippen molar-refractivity contribution >= 4 is 17.5 Å². The molecule has 3 rings (SSSR count). The molecular formula is C23H27N5O2. The molecule has 0 saturated carbocycles. The van der Waals surface area contributed by atoms with Crippen molar-refractivity contribution < 1.29 is 9.59 Å². The highest BCUT2D eigenvalue weighted by molar-refractivity contribution is 6.39. The molecule has 0 aromatic heterocycles. The smallest absolute Gasteiger partial charge is 0.313 e. The maximum absolute atomic E-state index is 12.4. The molecule has 0 radical (unpaired) electrons. The Bertz CT molecular complexity index is 927. The predicted molar refractivity (Wildman–Crippen MR) is 116 cm³/mol. The van der Waals surface area contributed by atoms with E-state index in [1.54, 1.807) is 24.3 Å². The van der Waals surface area contributed by atoms with Crippen molar-refractivity contribution in [1.29, 1.82) is 5.26 Å². The first kappa shape index (κ1) is 21.5. The van der Waals surface area contributed by atoms with Crippen molar-refractivity contribution in [1.82, 2.24) is 15.1 Å². The van der Waals surface area contributed by atoms with E-state index >= 15 is 0 Å². The lowest BCUT2D eigenvalue weighted by Gasteiger charge is -2.38. The SMILES string of the molecule is Cc1ccc(C(CNC(=O)C(=O)Nc2ccccc2C#N)N2CCN(C)CC2)cc1. The second kappa shape index (κ2) is 10.0. The van der Waals surface area contributed by atoms with Crippen LogP contribution in [0.4, 0.5) is 5.69 Å². The lowest BCUT2D eigenvalue weighted by Crippen LogP contribution is -2.49. The fraction of sp³-hybridized carbons (Fsp3) is 0.348. The average molecular weight is 406 g/mol. The van der Waals surface area contributed by atoms with Gasteiger partial charge in [-0.1, -0.05) is 42.0 Å². The highest BCUT2D eigenvalue weighted by atomic mass is 16.2. The molecule has 1 atom stereocenters. The molecule has 7 nitrogen and oxygen atoms in total. The second-order valence-electron chi connectivity index (χ2n) is 7.59. The minimum absolute atomic E-state index is 0.0116. The summed E-state index contributed by atoms with van der Waals surface area (Å²) in [5, 5.41) is 14.4. The number of benzene rings is 2. The summed E-state index contributed by atoms with van der Waals surface area (Å²) in [7, 11) is 2.10. The predicted octanol–water partition coefficient (Wildman–Crippen LogP) is 1.91. The third kappa shape index (κ3) is 5.44. The lowest BCUT2D eigenvalue weighted by molar-refractivity contribution is -0.136. The lowest BCUT2D eigenvalue weighted by atomic mass is 10.0. The molecule has 0 aliphatic carbocycles. The van der Waals surface area contributed by atoms with Gasteiger partial charge in [-0.3, -0.25) is 14.5 Å². The van der Waals surface area contributed by atoms with E-state index in [4.69, 9.17) is 5.26 Å². The Kier molecular flexibility index (Phi) is 7.17. The summed E-state index contributed by atoms with van der Waals surface area (Å²) in [6.07, 6.45) is 0. The van der Waals surface area contributed by atoms with Crippen LogP contribution >= 0.6 is 0 Å². The molecular weight excluding hydrogens is 378 g/mol. The van der Waals surface area contributed by atoms with Crippen LogP contribution in [0.1, 0.15) is 22.7 Å². The quantitative estimate of drug-likeness (QED) is 0.742. The summed E-state index contributed by atoms with van der Waals surface area (Å²) in [6.45, 7) is 6.08. The molecule has 7 heteroatoms. The van der Waals surface area contributed by atoms with Gasteiger partial charge in [0.1, 0.15) is 6.07 Å². The van der Waals surface area contributed by atoms with E-state index in [2.05, 4.69) is 51.7 Å². The van der Waals surface area contributed by atoms with E-state index in [-0.39, 0.29) is 6.04 Å². The fourth-order valence-corrected chi connectivity index (χ4v) is 3.52. The van der Waals surface area contributed by atoms with Crippen LogP contribution in [-0.2, 0) is 9.59 Å². The van der Waals surface area contributed by atoms with Gasteiger partial charge in [0, 0.05) is 32.7 Å². The molecule has 0 bridgehead atoms. The van der Waals surface area contributed by atoms with Crippen LogP contribution in [0.25, 0.3) is 0 Å². The molecule has 1 aliphatic rings. The largest absolute Gasteiger partial charge is 0.346 e. The normalized spacial score (nSPS) is 15.8. The molecule has 2 N–H and O–H groups in total. The molecule has 2 aromatic carbocycles. The number of nitrogens with zero attached hydrogens (tertiary/aromatic N) is 3. The van der Waals surface area contributed by atoms with Crippen molar-refractivity contribution in [3.63, 3.8) is 0 Å². The number of likely N-dealkylation sites (N-methyl/N-ethyl adjacent to an activating group) is 1. The van der Waals surface area contributed by atoms with Crippen LogP contribution in [0, 0.1) is 18.3 Å². The van der Waals surface area contributed by atoms with Crippen LogP contribution < -0.4 is 10.6 Å². The van der Waals surface area contributed by atoms with E-state index in [0.29, 0.717) is 17.8 Å². The molecule has 2 aromatic rings. The van der Waals surface area contributed by atoms with Gasteiger partial charge in [0.2, 0.25) is 0 Å². The highest BCUT2D eigenvalue weighted by Gasteiger charge is 2.25. The molecule has 1 heterocycles. The van der Waals surface area contributed by atoms with Crippen molar-refractivity contribution in [2.75, 3.05) is 45.1 Å². The first-order valence-corrected chi connectivity index (χ1v) is 10.1. The molecule has 1 unspecified atom stereocenters. The van der Waals surface area contributed by atoms with E-state index in [9.17, 15) is 9.59 Å². The topological polar surface area (TPSA) is 88.5 Å². The van der Waals surface area contributed by atoms with Gasteiger partial charge in [0.15, 0.2) is 0 Å². The standard InChI is InChI=1S/C23H27N5O2/c1-17-7-9-18(10-8-17)21(28-13-11-27(2)12-14-28)16-25-22(29)23(30)26-20-6-4-3-5-19(20)15-24/h3-10,21H,11-14,16H2,1-2H3,(H,25,29)(H,26,30). The van der Waals surface area contributed by atoms with E-state index in [0.717, 1.165) is 31.7 Å². The van der Waals surface area contributed by atoms with Crippen molar-refractivity contribution in [3.05, 3.63) is 65.2 Å². The Morgan fingerprint density at radius 1 is 1.03 bits per heavy atom. The van der Waals surface area contributed by atoms with Crippen molar-refractivity contribution in [2.24, 2.45) is 0 Å². The number of piperazine rings is 1. The van der Waals surface area contributed by atoms with E-state index in [1.165, 1.54) is 5.56 Å². The van der Waals surface area contributed by atoms with Crippen LogP contribution in [0.2, 0.25) is 0 Å². The number of amides is 2. The second-order valence-corrected chi connectivity index (χ2v) is 7.59. The third-order valence-electron chi connectivity index (χ3n) is 5.40. The van der Waals surface area contributed by atoms with Gasteiger partial charge in [-0.25, -0.2) is 0 Å². The zero-order chi connectivity index (χ0) is 21.5. The molecule has 1 saturated heterocycles. The van der Waals surface area contributed by atoms with Crippen LogP contribution in [0.5, 0.6) is 0 Å². The minimum atomic E-state index is -0.779. The summed E-state index contributed by atoms with van der Waals surface area (Å²) in [4.78, 5) is 29.4. The maximum Gasteiger partial charge on any atom is 0.313 e. The first-order valence-electron chi connectivity index (χ1n) is 10.1. The molecule has 30 heavy (non-hydrogen) atoms. The molecule has 2 amide bonds. The van der Waals surface area contributed by atoms with Crippen LogP contribution in [0.3, 0.4) is 0 Å². The number of hydrogen-bond acceptors (Lipinski definition) is 5. The van der Waals surface area contributed by atoms with Gasteiger partial charge in [0.25, 0.3) is 0 Å². The summed E-state index contributed by atoms with van der Waals surface area (Å²) in [5.41, 5.74) is 2.93. The Balaban J connectivity index is 1.67. The summed E-state index contributed by atoms with van der Waals surface area (Å²) in [6, 6.07) is 16.9. The Hall–Kier alpha value is -3.21. The summed E-state index contributed by atoms with van der Waals surface area (Å²) >= 11 is 0. The zero-order valence-electron chi connectivity index (χ0n) is 17.4. The van der Waals surface area contributed by atoms with Gasteiger partial charge < -0.3 is 15.5 Å². The minimum Gasteiger partial charge on any atom is -0.346 e. The van der Waals surface area contributed by atoms with Gasteiger partial charge in [-0.15, -0.1) is 0 Å². The average Bonchev–Trinajstić information content (AvgIpc) is 2.76. The first-order chi connectivity index (χ1) is 14.5. The van der Waals surface area contributed by atoms with Crippen LogP contribution in [0.15, 0.2) is 48.5 Å². The van der Waals surface area contributed by atoms with Crippen molar-refractivity contribution in [2.45, 2.75) is 13.0 Å². The van der Waals surface area contributed by atoms with Crippen LogP contribution in [-0.4, -0.2) is 61.4 Å². The van der Waals surface area contributed by atoms with Gasteiger partial charge >= 0.3 is 11.8 Å². The van der Waals surface area contributed by atoms with Gasteiger partial charge in [-0.2, -0.15) is 5.26 Å². The van der Waals surface area contributed by atoms with E-state index in [1.807, 2.05) is 13.0 Å². The molecule has 1 fully saturated rings. The Morgan fingerprint density at radius 3 is 2.37 bits per heavy atom. The maximum atomic E-state index is 12.4. The molecule has 0 spiro atoms. The number of carbonyl (C=O) groups excluding carboxylic acids is 2. The highest BCUT2D eigenvalue weighted by Crippen LogP contribution is 2.22. The molecule has 156 valence electrons. The number of nitrogens with one attached hydrogen (secondary N) is 2. The number of hydrogen-bond donors (Lipinski definition) is 2. The summed E-state index contributed by atoms with van der Waals surface area (Å²) < 4.78 is 0. The number of rotatable bonds is 5. The third-order valence-corrected chi connectivity index (χ3v) is 5.40. The van der Waals surface area contributed by atoms with Gasteiger partial charge in [0.05, 0.1) is 17.3 Å². The number of aryl methyl sites for hydroxylation is 1. The van der Waals surface area contributed by atoms with E-state index < -0.39 is 11.8 Å². The summed E-state index contributed by atoms with van der Waals surface area (Å²) in [5.74, 6) is -1.49.